The standard InChI is InChI=1S/C27H44N6O4/c1-6-12-32-23-21(24(34)33(13-7-2)26(32)36)30-22(31-23)19-14-17-8-9-18(15-19)20(17)16-28-10-11-29-25(35)37-27(3,4)5/h17-20,28H,6-16H2,1-5H3,(H,29,35)(H,30,31). The fourth-order valence-corrected chi connectivity index (χ4v) is 6.27. The number of nitrogens with zero attached hydrogens (tertiary/aromatic N) is 3. The van der Waals surface area contributed by atoms with E-state index >= 15 is 0 Å². The first-order valence-corrected chi connectivity index (χ1v) is 14.0. The van der Waals surface area contributed by atoms with Crippen LogP contribution in [0.3, 0.4) is 0 Å². The van der Waals surface area contributed by atoms with Gasteiger partial charge in [-0.2, -0.15) is 0 Å². The van der Waals surface area contributed by atoms with Gasteiger partial charge in [-0.15, -0.1) is 0 Å². The monoisotopic (exact) mass is 516 g/mol. The smallest absolute Gasteiger partial charge is 0.407 e. The van der Waals surface area contributed by atoms with E-state index in [9.17, 15) is 14.4 Å². The molecule has 2 aliphatic rings. The number of hydrogen-bond donors (Lipinski definition) is 3. The summed E-state index contributed by atoms with van der Waals surface area (Å²) in [6.07, 6.45) is 5.66. The Labute approximate surface area is 218 Å². The van der Waals surface area contributed by atoms with Gasteiger partial charge in [0.2, 0.25) is 0 Å². The Morgan fingerprint density at radius 3 is 2.32 bits per heavy atom. The fourth-order valence-electron chi connectivity index (χ4n) is 6.27. The number of alkyl carbamates (subject to hydrolysis) is 1. The van der Waals surface area contributed by atoms with E-state index in [1.807, 2.05) is 34.6 Å². The minimum absolute atomic E-state index is 0.254. The molecule has 37 heavy (non-hydrogen) atoms. The fraction of sp³-hybridized carbons (Fsp3) is 0.778. The number of amides is 1. The van der Waals surface area contributed by atoms with E-state index < -0.39 is 5.60 Å². The third-order valence-electron chi connectivity index (χ3n) is 7.80. The minimum atomic E-state index is -0.491. The molecule has 2 saturated carbocycles. The number of imidazole rings is 1. The number of aromatic amines is 1. The maximum atomic E-state index is 13.1. The second-order valence-electron chi connectivity index (χ2n) is 11.8. The number of nitrogens with one attached hydrogen (secondary N) is 3. The van der Waals surface area contributed by atoms with Gasteiger partial charge in [0.1, 0.15) is 16.9 Å². The summed E-state index contributed by atoms with van der Waals surface area (Å²) in [6, 6.07) is 0. The third kappa shape index (κ3) is 6.10. The third-order valence-corrected chi connectivity index (χ3v) is 7.80. The molecule has 4 rings (SSSR count). The number of H-pyrrole nitrogens is 1. The van der Waals surface area contributed by atoms with Crippen LogP contribution in [-0.2, 0) is 17.8 Å². The van der Waals surface area contributed by atoms with Gasteiger partial charge in [-0.3, -0.25) is 13.9 Å². The van der Waals surface area contributed by atoms with Crippen molar-refractivity contribution in [2.24, 2.45) is 17.8 Å². The molecule has 10 heteroatoms. The molecular weight excluding hydrogens is 472 g/mol. The molecule has 1 amide bonds. The lowest BCUT2D eigenvalue weighted by Crippen LogP contribution is -2.40. The van der Waals surface area contributed by atoms with Crippen LogP contribution in [0.4, 0.5) is 4.79 Å². The normalized spacial score (nSPS) is 23.5. The Balaban J connectivity index is 1.39. The molecule has 0 saturated heterocycles. The van der Waals surface area contributed by atoms with E-state index in [0.29, 0.717) is 55.1 Å². The highest BCUT2D eigenvalue weighted by Crippen LogP contribution is 2.51. The lowest BCUT2D eigenvalue weighted by atomic mass is 9.73. The number of aromatic nitrogens is 4. The van der Waals surface area contributed by atoms with Crippen LogP contribution in [-0.4, -0.2) is 50.4 Å². The highest BCUT2D eigenvalue weighted by Gasteiger charge is 2.43. The summed E-state index contributed by atoms with van der Waals surface area (Å²) in [5, 5.41) is 6.33. The molecule has 2 atom stereocenters. The van der Waals surface area contributed by atoms with Crippen LogP contribution in [0.1, 0.15) is 84.9 Å². The Kier molecular flexibility index (Phi) is 8.46. The number of carbonyl (C=O) groups is 1. The second-order valence-corrected chi connectivity index (χ2v) is 11.8. The second kappa shape index (κ2) is 11.4. The van der Waals surface area contributed by atoms with Crippen LogP contribution < -0.4 is 21.9 Å². The molecule has 2 unspecified atom stereocenters. The molecule has 2 aliphatic carbocycles. The zero-order valence-corrected chi connectivity index (χ0v) is 23.1. The molecular formula is C27H44N6O4. The molecule has 2 aromatic rings. The van der Waals surface area contributed by atoms with E-state index in [1.54, 1.807) is 4.57 Å². The Morgan fingerprint density at radius 2 is 1.70 bits per heavy atom. The number of rotatable bonds is 10. The summed E-state index contributed by atoms with van der Waals surface area (Å²) in [7, 11) is 0. The van der Waals surface area contributed by atoms with E-state index in [4.69, 9.17) is 9.72 Å². The van der Waals surface area contributed by atoms with Crippen molar-refractivity contribution in [2.45, 2.75) is 97.8 Å². The molecule has 2 fully saturated rings. The summed E-state index contributed by atoms with van der Waals surface area (Å²) >= 11 is 0. The van der Waals surface area contributed by atoms with Crippen molar-refractivity contribution in [3.63, 3.8) is 0 Å². The van der Waals surface area contributed by atoms with Gasteiger partial charge in [-0.05, 0) is 83.6 Å². The average Bonchev–Trinajstić information content (AvgIpc) is 3.36. The molecule has 0 spiro atoms. The minimum Gasteiger partial charge on any atom is -0.444 e. The van der Waals surface area contributed by atoms with Crippen LogP contribution in [0.5, 0.6) is 0 Å². The summed E-state index contributed by atoms with van der Waals surface area (Å²) < 4.78 is 8.30. The molecule has 0 aromatic carbocycles. The highest BCUT2D eigenvalue weighted by molar-refractivity contribution is 5.70. The maximum Gasteiger partial charge on any atom is 0.407 e. The SMILES string of the molecule is CCCn1c(=O)c2[nH]c(C3CC4CCC(C3)C4CNCCNC(=O)OC(C)(C)C)nc2n(CCC)c1=O. The van der Waals surface area contributed by atoms with E-state index in [-0.39, 0.29) is 23.3 Å². The van der Waals surface area contributed by atoms with Gasteiger partial charge in [-0.1, -0.05) is 13.8 Å². The Hall–Kier alpha value is -2.62. The van der Waals surface area contributed by atoms with Gasteiger partial charge in [0, 0.05) is 32.1 Å². The maximum absolute atomic E-state index is 13.1. The van der Waals surface area contributed by atoms with Gasteiger partial charge in [0.25, 0.3) is 5.56 Å². The van der Waals surface area contributed by atoms with E-state index in [0.717, 1.165) is 38.1 Å². The quantitative estimate of drug-likeness (QED) is 0.416. The van der Waals surface area contributed by atoms with E-state index in [2.05, 4.69) is 15.6 Å². The number of fused-ring (bicyclic) bond motifs is 3. The summed E-state index contributed by atoms with van der Waals surface area (Å²) in [5.41, 5.74) is -0.0313. The van der Waals surface area contributed by atoms with Crippen LogP contribution >= 0.6 is 0 Å². The Morgan fingerprint density at radius 1 is 1.05 bits per heavy atom. The number of aryl methyl sites for hydroxylation is 1. The van der Waals surface area contributed by atoms with Crippen LogP contribution in [0.2, 0.25) is 0 Å². The van der Waals surface area contributed by atoms with Crippen LogP contribution in [0.25, 0.3) is 11.2 Å². The summed E-state index contributed by atoms with van der Waals surface area (Å²) in [4.78, 5) is 46.1. The van der Waals surface area contributed by atoms with E-state index in [1.165, 1.54) is 17.4 Å². The van der Waals surface area contributed by atoms with Gasteiger partial charge in [0.05, 0.1) is 0 Å². The molecule has 2 bridgehead atoms. The highest BCUT2D eigenvalue weighted by atomic mass is 16.6. The lowest BCUT2D eigenvalue weighted by molar-refractivity contribution is 0.0528. The Bertz CT molecular complexity index is 1190. The molecule has 0 radical (unpaired) electrons. The first-order chi connectivity index (χ1) is 17.6. The first-order valence-electron chi connectivity index (χ1n) is 14.0. The summed E-state index contributed by atoms with van der Waals surface area (Å²) in [5.74, 6) is 2.97. The average molecular weight is 517 g/mol. The predicted molar refractivity (Wildman–Crippen MR) is 144 cm³/mol. The number of ether oxygens (including phenoxy) is 1. The molecule has 10 nitrogen and oxygen atoms in total. The molecule has 206 valence electrons. The van der Waals surface area contributed by atoms with Crippen molar-refractivity contribution < 1.29 is 9.53 Å². The largest absolute Gasteiger partial charge is 0.444 e. The lowest BCUT2D eigenvalue weighted by Gasteiger charge is -2.34. The molecule has 0 aliphatic heterocycles. The van der Waals surface area contributed by atoms with Crippen molar-refractivity contribution in [3.05, 3.63) is 26.7 Å². The van der Waals surface area contributed by atoms with Crippen molar-refractivity contribution in [2.75, 3.05) is 19.6 Å². The zero-order valence-electron chi connectivity index (χ0n) is 23.1. The van der Waals surface area contributed by atoms with Crippen molar-refractivity contribution >= 4 is 17.3 Å². The molecule has 2 heterocycles. The summed E-state index contributed by atoms with van der Waals surface area (Å²) in [6.45, 7) is 12.7. The number of carbonyl (C=O) groups excluding carboxylic acids is 1. The van der Waals surface area contributed by atoms with Crippen molar-refractivity contribution in [1.29, 1.82) is 0 Å². The van der Waals surface area contributed by atoms with Crippen LogP contribution in [0.15, 0.2) is 9.59 Å². The van der Waals surface area contributed by atoms with Gasteiger partial charge in [-0.25, -0.2) is 14.6 Å². The number of hydrogen-bond acceptors (Lipinski definition) is 6. The van der Waals surface area contributed by atoms with Crippen molar-refractivity contribution in [1.82, 2.24) is 29.7 Å². The van der Waals surface area contributed by atoms with Crippen molar-refractivity contribution in [3.8, 4) is 0 Å². The molecule has 3 N–H and O–H groups in total. The zero-order chi connectivity index (χ0) is 26.7. The van der Waals surface area contributed by atoms with Gasteiger partial charge in [0.15, 0.2) is 5.65 Å². The van der Waals surface area contributed by atoms with Gasteiger partial charge >= 0.3 is 11.8 Å². The van der Waals surface area contributed by atoms with Gasteiger partial charge < -0.3 is 20.4 Å². The predicted octanol–water partition coefficient (Wildman–Crippen LogP) is 3.34. The first kappa shape index (κ1) is 27.4. The van der Waals surface area contributed by atoms with Crippen LogP contribution in [0, 0.1) is 17.8 Å². The molecule has 2 aromatic heterocycles. The topological polar surface area (TPSA) is 123 Å².